The molecular formula is C17H13ClN4O2S. The van der Waals surface area contributed by atoms with E-state index in [1.165, 1.54) is 0 Å². The monoisotopic (exact) mass is 372 g/mol. The van der Waals surface area contributed by atoms with Gasteiger partial charge in [-0.05, 0) is 31.0 Å². The Bertz CT molecular complexity index is 835. The van der Waals surface area contributed by atoms with E-state index in [9.17, 15) is 9.59 Å². The molecule has 1 saturated carbocycles. The molecule has 3 rings (SSSR count). The molecule has 1 aromatic carbocycles. The number of carbonyl (C=O) groups excluding carboxylic acids is 2. The van der Waals surface area contributed by atoms with E-state index in [1.54, 1.807) is 24.3 Å². The number of carbonyl (C=O) groups is 2. The number of hydrogen-bond donors (Lipinski definition) is 1. The number of rotatable bonds is 5. The summed E-state index contributed by atoms with van der Waals surface area (Å²) >= 11 is 7.01. The average molecular weight is 373 g/mol. The molecule has 1 aliphatic carbocycles. The van der Waals surface area contributed by atoms with Crippen LogP contribution in [-0.4, -0.2) is 23.1 Å². The van der Waals surface area contributed by atoms with Crippen LogP contribution in [0.5, 0.6) is 0 Å². The second-order valence-electron chi connectivity index (χ2n) is 5.70. The molecule has 2 aliphatic rings. The van der Waals surface area contributed by atoms with Gasteiger partial charge in [-0.3, -0.25) is 9.59 Å². The molecule has 1 aromatic rings. The van der Waals surface area contributed by atoms with Crippen LogP contribution in [0.25, 0.3) is 0 Å². The maximum atomic E-state index is 12.7. The smallest absolute Gasteiger partial charge is 0.247 e. The van der Waals surface area contributed by atoms with Crippen LogP contribution in [-0.2, 0) is 9.59 Å². The summed E-state index contributed by atoms with van der Waals surface area (Å²) in [6, 6.07) is 10.4. The summed E-state index contributed by atoms with van der Waals surface area (Å²) < 4.78 is 0. The number of thioether (sulfide) groups is 1. The molecule has 2 amide bonds. The van der Waals surface area contributed by atoms with Crippen molar-refractivity contribution < 1.29 is 9.59 Å². The van der Waals surface area contributed by atoms with Crippen LogP contribution in [0.4, 0.5) is 5.69 Å². The number of halogens is 1. The summed E-state index contributed by atoms with van der Waals surface area (Å²) in [7, 11) is 0. The number of hydrogen-bond acceptors (Lipinski definition) is 6. The fraction of sp³-hybridized carbons (Fsp3) is 0.294. The van der Waals surface area contributed by atoms with E-state index in [2.05, 4.69) is 5.32 Å². The first-order valence-electron chi connectivity index (χ1n) is 7.63. The molecule has 0 radical (unpaired) electrons. The number of nitrogens with zero attached hydrogens (tertiary/aromatic N) is 3. The summed E-state index contributed by atoms with van der Waals surface area (Å²) in [6.45, 7) is 0. The van der Waals surface area contributed by atoms with Crippen molar-refractivity contribution in [2.24, 2.45) is 0 Å². The number of amides is 2. The first-order chi connectivity index (χ1) is 12.0. The molecule has 6 nitrogen and oxygen atoms in total. The van der Waals surface area contributed by atoms with E-state index < -0.39 is 5.25 Å². The lowest BCUT2D eigenvalue weighted by molar-refractivity contribution is -0.121. The number of anilines is 1. The third kappa shape index (κ3) is 3.79. The zero-order chi connectivity index (χ0) is 18.0. The Morgan fingerprint density at radius 3 is 2.60 bits per heavy atom. The van der Waals surface area contributed by atoms with E-state index in [0.717, 1.165) is 29.5 Å². The van der Waals surface area contributed by atoms with Crippen LogP contribution in [0.3, 0.4) is 0 Å². The summed E-state index contributed by atoms with van der Waals surface area (Å²) in [5, 5.41) is 21.5. The van der Waals surface area contributed by atoms with Crippen molar-refractivity contribution in [2.75, 3.05) is 4.90 Å². The van der Waals surface area contributed by atoms with Gasteiger partial charge in [-0.15, -0.1) is 0 Å². The third-order valence-corrected chi connectivity index (χ3v) is 5.24. The molecule has 8 heteroatoms. The summed E-state index contributed by atoms with van der Waals surface area (Å²) in [5.41, 5.74) is 0.352. The van der Waals surface area contributed by atoms with E-state index in [-0.39, 0.29) is 29.9 Å². The topological polar surface area (TPSA) is 97.0 Å². The molecule has 1 heterocycles. The molecule has 1 atom stereocenters. The Morgan fingerprint density at radius 2 is 2.00 bits per heavy atom. The van der Waals surface area contributed by atoms with Crippen LogP contribution in [0.1, 0.15) is 19.3 Å². The number of benzene rings is 1. The lowest BCUT2D eigenvalue weighted by Gasteiger charge is -2.16. The highest BCUT2D eigenvalue weighted by Gasteiger charge is 2.41. The minimum absolute atomic E-state index is 0.00992. The molecule has 0 unspecified atom stereocenters. The van der Waals surface area contributed by atoms with Crippen molar-refractivity contribution in [1.29, 1.82) is 10.5 Å². The van der Waals surface area contributed by atoms with Gasteiger partial charge in [0.05, 0.1) is 16.0 Å². The van der Waals surface area contributed by atoms with E-state index in [1.807, 2.05) is 12.1 Å². The molecule has 1 aliphatic heterocycles. The summed E-state index contributed by atoms with van der Waals surface area (Å²) in [5.74, 6) is -0.700. The minimum atomic E-state index is -0.676. The van der Waals surface area contributed by atoms with Gasteiger partial charge < -0.3 is 5.32 Å². The highest BCUT2D eigenvalue weighted by atomic mass is 35.5. The highest BCUT2D eigenvalue weighted by Crippen LogP contribution is 2.35. The SMILES string of the molecule is N#CC(C#N)=C(NC1CC1)S[C@H]1CC(=O)N(c2cccc(Cl)c2)C1=O. The van der Waals surface area contributed by atoms with Crippen molar-refractivity contribution in [3.8, 4) is 12.1 Å². The van der Waals surface area contributed by atoms with E-state index in [0.29, 0.717) is 15.7 Å². The van der Waals surface area contributed by atoms with Gasteiger partial charge in [-0.25, -0.2) is 4.90 Å². The molecule has 0 aromatic heterocycles. The quantitative estimate of drug-likeness (QED) is 0.630. The van der Waals surface area contributed by atoms with Gasteiger partial charge >= 0.3 is 0 Å². The average Bonchev–Trinajstić information content (AvgIpc) is 3.34. The Balaban J connectivity index is 1.83. The van der Waals surface area contributed by atoms with Crippen LogP contribution < -0.4 is 10.2 Å². The zero-order valence-corrected chi connectivity index (χ0v) is 14.6. The van der Waals surface area contributed by atoms with Crippen molar-refractivity contribution in [1.82, 2.24) is 5.32 Å². The van der Waals surface area contributed by atoms with Crippen LogP contribution in [0.15, 0.2) is 34.9 Å². The highest BCUT2D eigenvalue weighted by molar-refractivity contribution is 8.04. The first kappa shape index (κ1) is 17.3. The maximum absolute atomic E-state index is 12.7. The molecule has 126 valence electrons. The van der Waals surface area contributed by atoms with Gasteiger partial charge in [0.1, 0.15) is 12.1 Å². The predicted molar refractivity (Wildman–Crippen MR) is 94.4 cm³/mol. The molecule has 2 fully saturated rings. The molecule has 0 spiro atoms. The van der Waals surface area contributed by atoms with Crippen LogP contribution in [0, 0.1) is 22.7 Å². The normalized spacial score (nSPS) is 19.3. The van der Waals surface area contributed by atoms with Crippen LogP contribution in [0.2, 0.25) is 5.02 Å². The minimum Gasteiger partial charge on any atom is -0.375 e. The maximum Gasteiger partial charge on any atom is 0.247 e. The molecular weight excluding hydrogens is 360 g/mol. The van der Waals surface area contributed by atoms with Gasteiger partial charge in [0.15, 0.2) is 5.57 Å². The molecule has 1 saturated heterocycles. The summed E-state index contributed by atoms with van der Waals surface area (Å²) in [4.78, 5) is 26.1. The van der Waals surface area contributed by atoms with Crippen molar-refractivity contribution in [3.05, 3.63) is 39.9 Å². The third-order valence-electron chi connectivity index (χ3n) is 3.79. The number of nitriles is 2. The Labute approximate surface area is 154 Å². The van der Waals surface area contributed by atoms with Gasteiger partial charge in [-0.1, -0.05) is 29.4 Å². The lowest BCUT2D eigenvalue weighted by Crippen LogP contribution is -2.31. The fourth-order valence-electron chi connectivity index (χ4n) is 2.43. The Hall–Kier alpha value is -2.48. The van der Waals surface area contributed by atoms with Crippen molar-refractivity contribution >= 4 is 40.9 Å². The van der Waals surface area contributed by atoms with E-state index >= 15 is 0 Å². The number of allylic oxidation sites excluding steroid dienone is 1. The molecule has 25 heavy (non-hydrogen) atoms. The van der Waals surface area contributed by atoms with Gasteiger partial charge in [-0.2, -0.15) is 10.5 Å². The largest absolute Gasteiger partial charge is 0.375 e. The first-order valence-corrected chi connectivity index (χ1v) is 8.89. The van der Waals surface area contributed by atoms with Crippen molar-refractivity contribution in [3.63, 3.8) is 0 Å². The van der Waals surface area contributed by atoms with Gasteiger partial charge in [0.2, 0.25) is 11.8 Å². The Morgan fingerprint density at radius 1 is 1.28 bits per heavy atom. The Kier molecular flexibility index (Phi) is 4.98. The lowest BCUT2D eigenvalue weighted by atomic mass is 10.3. The molecule has 0 bridgehead atoms. The fourth-order valence-corrected chi connectivity index (χ4v) is 3.77. The standard InChI is InChI=1S/C17H13ClN4O2S/c18-11-2-1-3-13(6-11)22-15(23)7-14(17(22)24)25-16(10(8-19)9-20)21-12-4-5-12/h1-3,6,12,14,21H,4-5,7H2/t14-/m0/s1. The van der Waals surface area contributed by atoms with E-state index in [4.69, 9.17) is 22.1 Å². The number of nitrogens with one attached hydrogen (secondary N) is 1. The van der Waals surface area contributed by atoms with Gasteiger partial charge in [0.25, 0.3) is 0 Å². The summed E-state index contributed by atoms with van der Waals surface area (Å²) in [6.07, 6.45) is 1.93. The van der Waals surface area contributed by atoms with Crippen LogP contribution >= 0.6 is 23.4 Å². The predicted octanol–water partition coefficient (Wildman–Crippen LogP) is 2.72. The zero-order valence-electron chi connectivity index (χ0n) is 13.0. The number of imide groups is 1. The second-order valence-corrected chi connectivity index (χ2v) is 7.35. The second kappa shape index (κ2) is 7.18. The van der Waals surface area contributed by atoms with Gasteiger partial charge in [0, 0.05) is 17.5 Å². The van der Waals surface area contributed by atoms with Crippen molar-refractivity contribution in [2.45, 2.75) is 30.6 Å². The molecule has 1 N–H and O–H groups in total.